The highest BCUT2D eigenvalue weighted by atomic mass is 127. The van der Waals surface area contributed by atoms with Crippen molar-refractivity contribution in [1.29, 1.82) is 0 Å². The third-order valence-corrected chi connectivity index (χ3v) is 4.20. The molecule has 1 aromatic heterocycles. The minimum absolute atomic E-state index is 0. The summed E-state index contributed by atoms with van der Waals surface area (Å²) < 4.78 is 46.5. The van der Waals surface area contributed by atoms with E-state index in [2.05, 4.69) is 25.3 Å². The number of halogens is 4. The van der Waals surface area contributed by atoms with Crippen molar-refractivity contribution < 1.29 is 22.3 Å². The van der Waals surface area contributed by atoms with Crippen molar-refractivity contribution >= 4 is 29.9 Å². The lowest BCUT2D eigenvalue weighted by molar-refractivity contribution is -0.176. The molecule has 2 aromatic rings. The first-order valence-corrected chi connectivity index (χ1v) is 9.15. The van der Waals surface area contributed by atoms with Crippen LogP contribution in [0, 0.1) is 0 Å². The van der Waals surface area contributed by atoms with Crippen LogP contribution in [0.5, 0.6) is 0 Å². The Morgan fingerprint density at radius 1 is 1.13 bits per heavy atom. The minimum atomic E-state index is -4.31. The molecule has 10 heteroatoms. The largest absolute Gasteiger partial charge is 0.468 e. The number of nitrogens with one attached hydrogen (secondary N) is 2. The van der Waals surface area contributed by atoms with E-state index in [1.165, 1.54) is 0 Å². The van der Waals surface area contributed by atoms with Gasteiger partial charge in [-0.1, -0.05) is 24.3 Å². The van der Waals surface area contributed by atoms with Gasteiger partial charge >= 0.3 is 6.18 Å². The Bertz CT molecular complexity index is 750. The van der Waals surface area contributed by atoms with E-state index < -0.39 is 12.8 Å². The van der Waals surface area contributed by atoms with Crippen molar-refractivity contribution in [3.8, 4) is 0 Å². The molecule has 0 aliphatic carbocycles. The Kier molecular flexibility index (Phi) is 11.2. The van der Waals surface area contributed by atoms with E-state index in [1.54, 1.807) is 25.4 Å². The van der Waals surface area contributed by atoms with Gasteiger partial charge in [0.05, 0.1) is 18.9 Å². The maximum Gasteiger partial charge on any atom is 0.411 e. The normalized spacial score (nSPS) is 13.1. The molecule has 0 saturated heterocycles. The van der Waals surface area contributed by atoms with Gasteiger partial charge in [-0.2, -0.15) is 13.2 Å². The van der Waals surface area contributed by atoms with Gasteiger partial charge in [0.1, 0.15) is 12.4 Å². The second kappa shape index (κ2) is 12.8. The number of hydrogen-bond donors (Lipinski definition) is 2. The topological polar surface area (TPSA) is 62.0 Å². The molecule has 1 atom stereocenters. The molecule has 168 valence electrons. The van der Waals surface area contributed by atoms with Gasteiger partial charge in [0, 0.05) is 20.1 Å². The molecule has 0 saturated carbocycles. The SMILES string of the molecule is CN=C(NCc1ccc(COCC(F)(F)F)cc1)NCC(c1ccco1)N(C)C.I. The van der Waals surface area contributed by atoms with Gasteiger partial charge in [0.15, 0.2) is 5.96 Å². The van der Waals surface area contributed by atoms with Gasteiger partial charge in [0.2, 0.25) is 0 Å². The lowest BCUT2D eigenvalue weighted by Crippen LogP contribution is -2.41. The molecule has 0 fully saturated rings. The van der Waals surface area contributed by atoms with E-state index in [4.69, 9.17) is 4.42 Å². The predicted octanol–water partition coefficient (Wildman–Crippen LogP) is 3.94. The number of furan rings is 1. The van der Waals surface area contributed by atoms with Crippen LogP contribution in [-0.2, 0) is 17.9 Å². The molecule has 6 nitrogen and oxygen atoms in total. The van der Waals surface area contributed by atoms with E-state index in [-0.39, 0.29) is 36.6 Å². The predicted molar refractivity (Wildman–Crippen MR) is 121 cm³/mol. The number of ether oxygens (including phenoxy) is 1. The van der Waals surface area contributed by atoms with Gasteiger partial charge in [-0.05, 0) is 37.4 Å². The smallest absolute Gasteiger partial charge is 0.411 e. The second-order valence-electron chi connectivity index (χ2n) is 6.73. The van der Waals surface area contributed by atoms with E-state index >= 15 is 0 Å². The van der Waals surface area contributed by atoms with E-state index in [9.17, 15) is 13.2 Å². The quantitative estimate of drug-likeness (QED) is 0.287. The van der Waals surface area contributed by atoms with Crippen LogP contribution in [0.25, 0.3) is 0 Å². The van der Waals surface area contributed by atoms with Crippen molar-refractivity contribution in [2.24, 2.45) is 4.99 Å². The maximum atomic E-state index is 12.1. The fraction of sp³-hybridized carbons (Fsp3) is 0.450. The average molecular weight is 540 g/mol. The van der Waals surface area contributed by atoms with Crippen molar-refractivity contribution in [3.05, 3.63) is 59.5 Å². The maximum absolute atomic E-state index is 12.1. The third kappa shape index (κ3) is 9.35. The van der Waals surface area contributed by atoms with Crippen LogP contribution in [-0.4, -0.2) is 51.3 Å². The second-order valence-corrected chi connectivity index (χ2v) is 6.73. The highest BCUT2D eigenvalue weighted by Crippen LogP contribution is 2.17. The van der Waals surface area contributed by atoms with Gasteiger partial charge in [-0.3, -0.25) is 9.89 Å². The van der Waals surface area contributed by atoms with Crippen molar-refractivity contribution in [2.75, 3.05) is 34.3 Å². The van der Waals surface area contributed by atoms with Crippen LogP contribution in [0.4, 0.5) is 13.2 Å². The van der Waals surface area contributed by atoms with Gasteiger partial charge in [-0.15, -0.1) is 24.0 Å². The van der Waals surface area contributed by atoms with Gasteiger partial charge in [0.25, 0.3) is 0 Å². The van der Waals surface area contributed by atoms with Crippen molar-refractivity contribution in [2.45, 2.75) is 25.4 Å². The summed E-state index contributed by atoms with van der Waals surface area (Å²) in [4.78, 5) is 6.27. The molecule has 0 amide bonds. The molecule has 1 unspecified atom stereocenters. The average Bonchev–Trinajstić information content (AvgIpc) is 3.18. The minimum Gasteiger partial charge on any atom is -0.468 e. The number of aliphatic imine (C=N–C) groups is 1. The first-order valence-electron chi connectivity index (χ1n) is 9.15. The molecule has 2 rings (SSSR count). The highest BCUT2D eigenvalue weighted by molar-refractivity contribution is 14.0. The first kappa shape index (κ1) is 26.2. The Labute approximate surface area is 191 Å². The highest BCUT2D eigenvalue weighted by Gasteiger charge is 2.27. The summed E-state index contributed by atoms with van der Waals surface area (Å²) >= 11 is 0. The molecule has 0 bridgehead atoms. The number of likely N-dealkylation sites (N-methyl/N-ethyl adjacent to an activating group) is 1. The van der Waals surface area contributed by atoms with Crippen LogP contribution in [0.15, 0.2) is 52.1 Å². The summed E-state index contributed by atoms with van der Waals surface area (Å²) in [7, 11) is 5.64. The lowest BCUT2D eigenvalue weighted by atomic mass is 10.1. The van der Waals surface area contributed by atoms with Crippen molar-refractivity contribution in [1.82, 2.24) is 15.5 Å². The zero-order chi connectivity index (χ0) is 21.3. The summed E-state index contributed by atoms with van der Waals surface area (Å²) in [6, 6.07) is 11.0. The summed E-state index contributed by atoms with van der Waals surface area (Å²) in [5.74, 6) is 1.50. The third-order valence-electron chi connectivity index (χ3n) is 4.20. The molecular formula is C20H28F3IN4O2. The Morgan fingerprint density at radius 2 is 1.80 bits per heavy atom. The van der Waals surface area contributed by atoms with Crippen LogP contribution >= 0.6 is 24.0 Å². The monoisotopic (exact) mass is 540 g/mol. The van der Waals surface area contributed by atoms with Gasteiger partial charge in [-0.25, -0.2) is 0 Å². The Balaban J connectivity index is 0.00000450. The summed E-state index contributed by atoms with van der Waals surface area (Å²) in [5, 5.41) is 6.49. The molecule has 0 radical (unpaired) electrons. The standard InChI is InChI=1S/C20H27F3N4O2.HI/c1-24-19(26-12-17(27(2)3)18-5-4-10-29-18)25-11-15-6-8-16(9-7-15)13-28-14-20(21,22)23;/h4-10,17H,11-14H2,1-3H3,(H2,24,25,26);1H. The van der Waals surface area contributed by atoms with Crippen LogP contribution < -0.4 is 10.6 Å². The number of rotatable bonds is 9. The summed E-state index contributed by atoms with van der Waals surface area (Å²) in [6.07, 6.45) is -2.66. The molecule has 2 N–H and O–H groups in total. The molecule has 1 aromatic carbocycles. The fourth-order valence-corrected chi connectivity index (χ4v) is 2.66. The van der Waals surface area contributed by atoms with Crippen LogP contribution in [0.3, 0.4) is 0 Å². The molecule has 0 spiro atoms. The van der Waals surface area contributed by atoms with Gasteiger partial charge < -0.3 is 19.8 Å². The molecule has 1 heterocycles. The Morgan fingerprint density at radius 3 is 2.33 bits per heavy atom. The number of hydrogen-bond acceptors (Lipinski definition) is 4. The number of alkyl halides is 3. The number of guanidine groups is 1. The zero-order valence-electron chi connectivity index (χ0n) is 17.2. The summed E-state index contributed by atoms with van der Waals surface area (Å²) in [5.41, 5.74) is 1.66. The summed E-state index contributed by atoms with van der Waals surface area (Å²) in [6.45, 7) is -0.189. The zero-order valence-corrected chi connectivity index (χ0v) is 19.5. The fourth-order valence-electron chi connectivity index (χ4n) is 2.66. The van der Waals surface area contributed by atoms with E-state index in [0.29, 0.717) is 24.6 Å². The van der Waals surface area contributed by atoms with Crippen LogP contribution in [0.2, 0.25) is 0 Å². The molecular weight excluding hydrogens is 512 g/mol. The lowest BCUT2D eigenvalue weighted by Gasteiger charge is -2.23. The molecule has 0 aliphatic rings. The molecule has 30 heavy (non-hydrogen) atoms. The number of nitrogens with zero attached hydrogens (tertiary/aromatic N) is 2. The number of benzene rings is 1. The van der Waals surface area contributed by atoms with Crippen LogP contribution in [0.1, 0.15) is 22.9 Å². The first-order chi connectivity index (χ1) is 13.8. The molecule has 0 aliphatic heterocycles. The Hall–Kier alpha value is -1.79. The van der Waals surface area contributed by atoms with Crippen molar-refractivity contribution in [3.63, 3.8) is 0 Å². The van der Waals surface area contributed by atoms with E-state index in [1.807, 2.05) is 38.4 Å². The van der Waals surface area contributed by atoms with E-state index in [0.717, 1.165) is 11.3 Å².